The molecule has 0 atom stereocenters. The molecule has 2 aliphatic rings. The molecule has 2 fully saturated rings. The van der Waals surface area contributed by atoms with Crippen molar-refractivity contribution in [1.29, 1.82) is 5.26 Å². The van der Waals surface area contributed by atoms with Gasteiger partial charge in [0.15, 0.2) is 5.54 Å². The van der Waals surface area contributed by atoms with E-state index in [1.807, 2.05) is 0 Å². The molecule has 0 saturated heterocycles. The first-order valence-corrected chi connectivity index (χ1v) is 6.68. The second-order valence-electron chi connectivity index (χ2n) is 5.21. The second-order valence-corrected chi connectivity index (χ2v) is 5.21. The van der Waals surface area contributed by atoms with Crippen molar-refractivity contribution in [3.8, 4) is 6.07 Å². The molecule has 0 amide bonds. The van der Waals surface area contributed by atoms with Gasteiger partial charge in [-0.1, -0.05) is 25.7 Å². The van der Waals surface area contributed by atoms with Crippen molar-refractivity contribution in [2.45, 2.75) is 75.8 Å². The van der Waals surface area contributed by atoms with E-state index in [0.717, 1.165) is 25.7 Å². The molecule has 16 heavy (non-hydrogen) atoms. The fourth-order valence-corrected chi connectivity index (χ4v) is 2.76. The van der Waals surface area contributed by atoms with Crippen molar-refractivity contribution in [2.75, 3.05) is 0 Å². The Morgan fingerprint density at radius 1 is 0.938 bits per heavy atom. The van der Waals surface area contributed by atoms with Crippen molar-refractivity contribution in [1.82, 2.24) is 0 Å². The lowest BCUT2D eigenvalue weighted by Gasteiger charge is -2.26. The Morgan fingerprint density at radius 2 is 1.56 bits per heavy atom. The minimum Gasteiger partial charge on any atom is -0.196 e. The summed E-state index contributed by atoms with van der Waals surface area (Å²) < 4.78 is 0. The summed E-state index contributed by atoms with van der Waals surface area (Å²) >= 11 is 0. The fourth-order valence-electron chi connectivity index (χ4n) is 2.76. The van der Waals surface area contributed by atoms with Crippen LogP contribution in [0.1, 0.15) is 64.2 Å². The zero-order valence-corrected chi connectivity index (χ0v) is 9.99. The molecule has 0 heterocycles. The second kappa shape index (κ2) is 5.43. The highest BCUT2D eigenvalue weighted by Crippen LogP contribution is 2.32. The Bertz CT molecular complexity index is 278. The van der Waals surface area contributed by atoms with Crippen LogP contribution in [0.25, 0.3) is 0 Å². The molecular formula is C13H21N3. The summed E-state index contributed by atoms with van der Waals surface area (Å²) in [5, 5.41) is 18.1. The standard InChI is InChI=1S/C13H21N3/c14-11-13(9-5-2-6-10-13)16-15-12-7-3-1-4-8-12/h12H,1-10H2/b16-15+. The van der Waals surface area contributed by atoms with Gasteiger partial charge in [-0.05, 0) is 38.5 Å². The normalized spacial score (nSPS) is 26.7. The van der Waals surface area contributed by atoms with Gasteiger partial charge < -0.3 is 0 Å². The van der Waals surface area contributed by atoms with Gasteiger partial charge in [-0.15, -0.1) is 0 Å². The van der Waals surface area contributed by atoms with Gasteiger partial charge in [0.1, 0.15) is 0 Å². The average Bonchev–Trinajstić information content (AvgIpc) is 2.39. The highest BCUT2D eigenvalue weighted by Gasteiger charge is 2.32. The highest BCUT2D eigenvalue weighted by atomic mass is 15.2. The van der Waals surface area contributed by atoms with Crippen molar-refractivity contribution in [2.24, 2.45) is 10.2 Å². The first kappa shape index (κ1) is 11.6. The van der Waals surface area contributed by atoms with Gasteiger partial charge >= 0.3 is 0 Å². The largest absolute Gasteiger partial charge is 0.196 e. The van der Waals surface area contributed by atoms with Crippen LogP contribution in [0, 0.1) is 11.3 Å². The van der Waals surface area contributed by atoms with E-state index in [0.29, 0.717) is 6.04 Å². The van der Waals surface area contributed by atoms with Crippen LogP contribution in [0.3, 0.4) is 0 Å². The van der Waals surface area contributed by atoms with Crippen LogP contribution in [0.4, 0.5) is 0 Å². The third kappa shape index (κ3) is 2.81. The van der Waals surface area contributed by atoms with E-state index in [1.54, 1.807) is 0 Å². The maximum Gasteiger partial charge on any atom is 0.167 e. The zero-order chi connectivity index (χ0) is 11.3. The van der Waals surface area contributed by atoms with Crippen LogP contribution in [0.15, 0.2) is 10.2 Å². The molecule has 2 saturated carbocycles. The van der Waals surface area contributed by atoms with Crippen molar-refractivity contribution in [3.05, 3.63) is 0 Å². The molecule has 0 spiro atoms. The van der Waals surface area contributed by atoms with Gasteiger partial charge in [-0.2, -0.15) is 15.5 Å². The number of nitriles is 1. The number of rotatable bonds is 2. The Hall–Kier alpha value is -0.910. The Morgan fingerprint density at radius 3 is 2.19 bits per heavy atom. The van der Waals surface area contributed by atoms with Crippen LogP contribution in [0.5, 0.6) is 0 Å². The average molecular weight is 219 g/mol. The molecule has 0 unspecified atom stereocenters. The molecule has 0 aliphatic heterocycles. The molecule has 0 aromatic heterocycles. The van der Waals surface area contributed by atoms with E-state index < -0.39 is 5.54 Å². The SMILES string of the molecule is N#CC1(/N=N/C2CCCCC2)CCCCC1. The minimum atomic E-state index is -0.463. The molecule has 0 aromatic rings. The van der Waals surface area contributed by atoms with E-state index in [-0.39, 0.29) is 0 Å². The van der Waals surface area contributed by atoms with E-state index in [9.17, 15) is 5.26 Å². The molecule has 3 heteroatoms. The third-order valence-electron chi connectivity index (χ3n) is 3.88. The van der Waals surface area contributed by atoms with Gasteiger partial charge in [0.05, 0.1) is 12.1 Å². The van der Waals surface area contributed by atoms with E-state index >= 15 is 0 Å². The Balaban J connectivity index is 1.94. The molecule has 0 bridgehead atoms. The summed E-state index contributed by atoms with van der Waals surface area (Å²) in [6.07, 6.45) is 11.6. The van der Waals surface area contributed by atoms with Crippen LogP contribution < -0.4 is 0 Å². The number of hydrogen-bond acceptors (Lipinski definition) is 3. The van der Waals surface area contributed by atoms with Gasteiger partial charge in [0.2, 0.25) is 0 Å². The topological polar surface area (TPSA) is 48.5 Å². The highest BCUT2D eigenvalue weighted by molar-refractivity contribution is 5.08. The predicted octanol–water partition coefficient (Wildman–Crippen LogP) is 4.00. The van der Waals surface area contributed by atoms with Crippen molar-refractivity contribution < 1.29 is 0 Å². The summed E-state index contributed by atoms with van der Waals surface area (Å²) in [7, 11) is 0. The molecular weight excluding hydrogens is 198 g/mol. The first-order valence-electron chi connectivity index (χ1n) is 6.68. The molecule has 0 aromatic carbocycles. The lowest BCUT2D eigenvalue weighted by Crippen LogP contribution is -2.27. The number of nitrogens with zero attached hydrogens (tertiary/aromatic N) is 3. The fraction of sp³-hybridized carbons (Fsp3) is 0.923. The van der Waals surface area contributed by atoms with Gasteiger partial charge in [0.25, 0.3) is 0 Å². The van der Waals surface area contributed by atoms with Crippen molar-refractivity contribution in [3.63, 3.8) is 0 Å². The molecule has 0 radical (unpaired) electrons. The molecule has 88 valence electrons. The Kier molecular flexibility index (Phi) is 3.93. The quantitative estimate of drug-likeness (QED) is 0.647. The first-order chi connectivity index (χ1) is 7.85. The van der Waals surface area contributed by atoms with E-state index in [4.69, 9.17) is 0 Å². The summed E-state index contributed by atoms with van der Waals surface area (Å²) in [6, 6.07) is 2.80. The molecule has 0 N–H and O–H groups in total. The summed E-state index contributed by atoms with van der Waals surface area (Å²) in [4.78, 5) is 0. The van der Waals surface area contributed by atoms with Crippen LogP contribution in [-0.2, 0) is 0 Å². The molecule has 2 aliphatic carbocycles. The Labute approximate surface area is 97.9 Å². The molecule has 3 nitrogen and oxygen atoms in total. The van der Waals surface area contributed by atoms with Gasteiger partial charge in [-0.25, -0.2) is 0 Å². The minimum absolute atomic E-state index is 0.404. The lowest BCUT2D eigenvalue weighted by atomic mass is 9.84. The van der Waals surface area contributed by atoms with E-state index in [1.165, 1.54) is 38.5 Å². The van der Waals surface area contributed by atoms with Crippen LogP contribution in [0.2, 0.25) is 0 Å². The van der Waals surface area contributed by atoms with Gasteiger partial charge in [-0.3, -0.25) is 0 Å². The predicted molar refractivity (Wildman–Crippen MR) is 63.2 cm³/mol. The monoisotopic (exact) mass is 219 g/mol. The van der Waals surface area contributed by atoms with Crippen molar-refractivity contribution >= 4 is 0 Å². The summed E-state index contributed by atoms with van der Waals surface area (Å²) in [6.45, 7) is 0. The zero-order valence-electron chi connectivity index (χ0n) is 9.99. The van der Waals surface area contributed by atoms with E-state index in [2.05, 4.69) is 16.3 Å². The smallest absolute Gasteiger partial charge is 0.167 e. The number of hydrogen-bond donors (Lipinski definition) is 0. The molecule has 2 rings (SSSR count). The summed E-state index contributed by atoms with van der Waals surface area (Å²) in [5.74, 6) is 0. The third-order valence-corrected chi connectivity index (χ3v) is 3.88. The summed E-state index contributed by atoms with van der Waals surface area (Å²) in [5.41, 5.74) is -0.463. The van der Waals surface area contributed by atoms with Crippen LogP contribution >= 0.6 is 0 Å². The van der Waals surface area contributed by atoms with Crippen LogP contribution in [-0.4, -0.2) is 11.6 Å². The van der Waals surface area contributed by atoms with Gasteiger partial charge in [0, 0.05) is 0 Å². The maximum atomic E-state index is 9.27. The number of azo groups is 1. The lowest BCUT2D eigenvalue weighted by molar-refractivity contribution is 0.337. The maximum absolute atomic E-state index is 9.27.